The molecule has 4 aromatic carbocycles. The second-order valence-corrected chi connectivity index (χ2v) is 10.1. The summed E-state index contributed by atoms with van der Waals surface area (Å²) in [6, 6.07) is 38.5. The van der Waals surface area contributed by atoms with E-state index in [4.69, 9.17) is 16.8 Å². The van der Waals surface area contributed by atoms with E-state index in [2.05, 4.69) is 27.1 Å². The zero-order valence-electron chi connectivity index (χ0n) is 32.6. The Morgan fingerprint density at radius 1 is 0.711 bits per heavy atom. The van der Waals surface area contributed by atoms with Crippen LogP contribution in [-0.4, -0.2) is 15.0 Å². The Kier molecular flexibility index (Phi) is 6.01. The van der Waals surface area contributed by atoms with Crippen molar-refractivity contribution in [1.82, 2.24) is 15.0 Å². The van der Waals surface area contributed by atoms with Crippen LogP contribution in [0.4, 0.5) is 0 Å². The first-order valence-corrected chi connectivity index (χ1v) is 13.9. The summed E-state index contributed by atoms with van der Waals surface area (Å²) >= 11 is 0. The molecule has 0 spiro atoms. The maximum Gasteiger partial charge on any atom is 0.216 e. The zero-order chi connectivity index (χ0) is 37.5. The third-order valence-corrected chi connectivity index (χ3v) is 7.30. The van der Waals surface area contributed by atoms with E-state index >= 15 is 0 Å². The molecule has 0 saturated carbocycles. The van der Waals surface area contributed by atoms with Crippen molar-refractivity contribution in [2.45, 2.75) is 20.6 Å². The van der Waals surface area contributed by atoms with E-state index in [1.165, 1.54) is 12.3 Å². The molecule has 0 amide bonds. The molecule has 0 N–H and O–H groups in total. The minimum absolute atomic E-state index is 0. The number of aryl methyl sites for hydroxylation is 3. The third-order valence-electron chi connectivity index (χ3n) is 7.30. The van der Waals surface area contributed by atoms with Crippen LogP contribution in [0.5, 0.6) is 0 Å². The van der Waals surface area contributed by atoms with Gasteiger partial charge in [0.15, 0.2) is 0 Å². The number of nitrogens with zero attached hydrogens (tertiary/aromatic N) is 3. The summed E-state index contributed by atoms with van der Waals surface area (Å²) in [7, 11) is 0. The maximum absolute atomic E-state index is 8.24. The minimum Gasteiger partial charge on any atom is -0.486 e. The molecule has 0 atom stereocenters. The quantitative estimate of drug-likeness (QED) is 0.168. The first kappa shape index (κ1) is 20.9. The molecule has 4 heterocycles. The monoisotopic (exact) mass is 769 g/mol. The summed E-state index contributed by atoms with van der Waals surface area (Å²) in [5.74, 6) is 0. The van der Waals surface area contributed by atoms with Gasteiger partial charge < -0.3 is 14.4 Å². The number of hydrogen-bond acceptors (Lipinski definition) is 4. The fourth-order valence-electron chi connectivity index (χ4n) is 5.17. The number of fused-ring (bicyclic) bond motifs is 4. The molecule has 0 unspecified atom stereocenters. The molecule has 0 saturated heterocycles. The van der Waals surface area contributed by atoms with Gasteiger partial charge in [0, 0.05) is 55.9 Å². The van der Waals surface area contributed by atoms with Gasteiger partial charge in [-0.2, -0.15) is 0 Å². The van der Waals surface area contributed by atoms with Gasteiger partial charge in [0.25, 0.3) is 0 Å². The Labute approximate surface area is 288 Å². The summed E-state index contributed by atoms with van der Waals surface area (Å²) in [4.78, 5) is 12.9. The van der Waals surface area contributed by atoms with E-state index in [1.807, 2.05) is 66.7 Å². The van der Waals surface area contributed by atoms with Crippen molar-refractivity contribution in [3.8, 4) is 33.6 Å². The van der Waals surface area contributed by atoms with Gasteiger partial charge in [-0.1, -0.05) is 65.5 Å². The van der Waals surface area contributed by atoms with Crippen molar-refractivity contribution < 1.29 is 36.9 Å². The molecule has 0 aliphatic heterocycles. The molecule has 0 aliphatic carbocycles. The van der Waals surface area contributed by atoms with Gasteiger partial charge in [-0.15, -0.1) is 54.1 Å². The van der Waals surface area contributed by atoms with Gasteiger partial charge in [-0.25, -0.2) is 4.98 Å². The molecule has 0 bridgehead atoms. The first-order valence-electron chi connectivity index (χ1n) is 18.4. The van der Waals surface area contributed by atoms with Gasteiger partial charge in [0.2, 0.25) is 5.71 Å². The van der Waals surface area contributed by atoms with Crippen molar-refractivity contribution >= 4 is 32.8 Å². The Hall–Kier alpha value is -4.96. The molecule has 221 valence electrons. The van der Waals surface area contributed by atoms with Crippen molar-refractivity contribution in [2.75, 3.05) is 0 Å². The summed E-state index contributed by atoms with van der Waals surface area (Å²) in [6.07, 6.45) is 3.02. The van der Waals surface area contributed by atoms with Crippen LogP contribution < -0.4 is 0 Å². The van der Waals surface area contributed by atoms with E-state index in [1.54, 1.807) is 42.6 Å². The Morgan fingerprint density at radius 2 is 1.64 bits per heavy atom. The first-order chi connectivity index (χ1) is 25.2. The van der Waals surface area contributed by atoms with Crippen molar-refractivity contribution in [2.24, 2.45) is 0 Å². The molecular weight excluding hydrogens is 731 g/mol. The van der Waals surface area contributed by atoms with Crippen LogP contribution in [0.3, 0.4) is 0 Å². The number of aromatic nitrogens is 3. The average Bonchev–Trinajstić information content (AvgIpc) is 3.52. The summed E-state index contributed by atoms with van der Waals surface area (Å²) in [6.45, 7) is -6.76. The van der Waals surface area contributed by atoms with Crippen LogP contribution in [0.25, 0.3) is 66.5 Å². The number of rotatable bonds is 3. The van der Waals surface area contributed by atoms with Crippen LogP contribution in [0.2, 0.25) is 0 Å². The number of furan rings is 1. The Bertz CT molecular complexity index is 2580. The molecule has 8 rings (SSSR count). The van der Waals surface area contributed by atoms with Crippen LogP contribution in [0.1, 0.15) is 29.2 Å². The summed E-state index contributed by atoms with van der Waals surface area (Å²) < 4.78 is 75.4. The third kappa shape index (κ3) is 6.06. The van der Waals surface area contributed by atoms with Gasteiger partial charge in [-0.3, -0.25) is 0 Å². The molecule has 4 aromatic heterocycles. The van der Waals surface area contributed by atoms with Gasteiger partial charge in [-0.05, 0) is 83.2 Å². The normalized spacial score (nSPS) is 14.6. The smallest absolute Gasteiger partial charge is 0.216 e. The molecular formula is C40H29IrN3O-2. The van der Waals surface area contributed by atoms with Crippen molar-refractivity contribution in [1.29, 1.82) is 0 Å². The molecule has 1 radical (unpaired) electrons. The number of pyridine rings is 3. The second kappa shape index (κ2) is 13.0. The minimum atomic E-state index is -2.35. The Morgan fingerprint density at radius 3 is 2.47 bits per heavy atom. The standard InChI is InChI=1S/C28H19N2O.C12H10N.Ir/c1-17-10-12-24-23-8-5-9-25(27(23)31-28(24)30-17)26-16-20(14-15-29-26)22-13-11-19-6-3-4-7-21(19)18(22)2;1-10-7-8-12(13-9-10)11-5-3-2-4-6-11;/h3-8,10-16H,1-2H3;2-5,7-9H,1H3;/q2*-1;/i1D3,2D3;1D3;. The molecule has 8 aromatic rings. The summed E-state index contributed by atoms with van der Waals surface area (Å²) in [5.41, 5.74) is 5.21. The summed E-state index contributed by atoms with van der Waals surface area (Å²) in [5, 5.41) is 2.99. The van der Waals surface area contributed by atoms with Crippen molar-refractivity contribution in [3.05, 3.63) is 151 Å². The van der Waals surface area contributed by atoms with Gasteiger partial charge in [0.1, 0.15) is 0 Å². The molecule has 0 fully saturated rings. The van der Waals surface area contributed by atoms with Crippen molar-refractivity contribution in [3.63, 3.8) is 0 Å². The van der Waals surface area contributed by atoms with Crippen LogP contribution in [0, 0.1) is 32.7 Å². The molecule has 45 heavy (non-hydrogen) atoms. The molecule has 5 heteroatoms. The largest absolute Gasteiger partial charge is 0.486 e. The second-order valence-electron chi connectivity index (χ2n) is 10.1. The Balaban J connectivity index is 0.000000246. The van der Waals surface area contributed by atoms with Crippen LogP contribution in [0.15, 0.2) is 126 Å². The van der Waals surface area contributed by atoms with E-state index in [-0.39, 0.29) is 42.6 Å². The fourth-order valence-corrected chi connectivity index (χ4v) is 5.17. The SMILES string of the molecule is [2H]C([2H])([2H])c1ccc(-c2[c-]cccc2)nc1.[2H]C([2H])([2H])c1ccc2c(n1)oc1c(-c3cc(-c4ccc5ccccc5c4C([2H])([2H])[2H])ccn3)[c-]ccc12.[Ir]. The van der Waals surface area contributed by atoms with E-state index in [0.717, 1.165) is 22.0 Å². The van der Waals surface area contributed by atoms with E-state index in [0.29, 0.717) is 38.7 Å². The average molecular weight is 769 g/mol. The predicted octanol–water partition coefficient (Wildman–Crippen LogP) is 10.1. The van der Waals surface area contributed by atoms with Gasteiger partial charge in [0.05, 0.1) is 5.58 Å². The number of hydrogen-bond donors (Lipinski definition) is 0. The zero-order valence-corrected chi connectivity index (χ0v) is 26.0. The van der Waals surface area contributed by atoms with Gasteiger partial charge >= 0.3 is 0 Å². The maximum atomic E-state index is 8.24. The molecule has 0 aliphatic rings. The van der Waals surface area contributed by atoms with Crippen LogP contribution in [-0.2, 0) is 20.1 Å². The topological polar surface area (TPSA) is 51.8 Å². The van der Waals surface area contributed by atoms with E-state index in [9.17, 15) is 0 Å². The predicted molar refractivity (Wildman–Crippen MR) is 179 cm³/mol. The number of benzene rings is 4. The van der Waals surface area contributed by atoms with E-state index < -0.39 is 20.6 Å². The molecule has 4 nitrogen and oxygen atoms in total. The van der Waals surface area contributed by atoms with Crippen LogP contribution >= 0.6 is 0 Å². The fraction of sp³-hybridized carbons (Fsp3) is 0.0750.